The molecule has 9 heteroatoms. The number of halogens is 1. The minimum absolute atomic E-state index is 0.0841. The van der Waals surface area contributed by atoms with Crippen molar-refractivity contribution in [3.63, 3.8) is 0 Å². The SMILES string of the molecule is O=C1CN(C(=O)CS(=O)(=O)Cc2ccc(Cl)s2)CCN1. The minimum atomic E-state index is -3.56. The fourth-order valence-corrected chi connectivity index (χ4v) is 4.68. The second kappa shape index (κ2) is 6.11. The topological polar surface area (TPSA) is 83.6 Å². The van der Waals surface area contributed by atoms with E-state index < -0.39 is 21.5 Å². The molecule has 0 saturated carbocycles. The summed E-state index contributed by atoms with van der Waals surface area (Å²) in [5.41, 5.74) is 0. The Kier molecular flexibility index (Phi) is 4.66. The van der Waals surface area contributed by atoms with Crippen molar-refractivity contribution in [2.24, 2.45) is 0 Å². The van der Waals surface area contributed by atoms with Crippen LogP contribution in [-0.2, 0) is 25.2 Å². The minimum Gasteiger partial charge on any atom is -0.353 e. The molecule has 0 spiro atoms. The highest BCUT2D eigenvalue weighted by Gasteiger charge is 2.26. The van der Waals surface area contributed by atoms with Crippen LogP contribution in [0.25, 0.3) is 0 Å². The van der Waals surface area contributed by atoms with E-state index in [4.69, 9.17) is 11.6 Å². The van der Waals surface area contributed by atoms with E-state index >= 15 is 0 Å². The molecule has 1 saturated heterocycles. The fourth-order valence-electron chi connectivity index (χ4n) is 1.83. The number of hydrogen-bond donors (Lipinski definition) is 1. The van der Waals surface area contributed by atoms with Gasteiger partial charge in [0.05, 0.1) is 16.6 Å². The van der Waals surface area contributed by atoms with Crippen molar-refractivity contribution in [2.45, 2.75) is 5.75 Å². The number of rotatable bonds is 4. The van der Waals surface area contributed by atoms with Gasteiger partial charge in [0.15, 0.2) is 9.84 Å². The Morgan fingerprint density at radius 2 is 2.20 bits per heavy atom. The molecule has 0 aromatic carbocycles. The number of carbonyl (C=O) groups excluding carboxylic acids is 2. The average molecular weight is 337 g/mol. The van der Waals surface area contributed by atoms with Gasteiger partial charge in [-0.05, 0) is 12.1 Å². The summed E-state index contributed by atoms with van der Waals surface area (Å²) in [5, 5.41) is 2.58. The number of sulfone groups is 1. The molecule has 2 amide bonds. The first-order valence-corrected chi connectivity index (χ1v) is 8.86. The Morgan fingerprint density at radius 3 is 2.80 bits per heavy atom. The molecule has 1 N–H and O–H groups in total. The van der Waals surface area contributed by atoms with Crippen molar-refractivity contribution in [2.75, 3.05) is 25.4 Å². The van der Waals surface area contributed by atoms with Crippen molar-refractivity contribution in [1.82, 2.24) is 10.2 Å². The van der Waals surface area contributed by atoms with Crippen molar-refractivity contribution < 1.29 is 18.0 Å². The summed E-state index contributed by atoms with van der Waals surface area (Å²) in [6, 6.07) is 3.25. The third-order valence-corrected chi connectivity index (χ3v) is 5.58. The molecule has 1 aliphatic heterocycles. The Morgan fingerprint density at radius 1 is 1.45 bits per heavy atom. The van der Waals surface area contributed by atoms with Gasteiger partial charge in [-0.2, -0.15) is 0 Å². The zero-order chi connectivity index (χ0) is 14.8. The van der Waals surface area contributed by atoms with Crippen LogP contribution in [0.15, 0.2) is 12.1 Å². The molecule has 0 aliphatic carbocycles. The van der Waals surface area contributed by atoms with Gasteiger partial charge in [0.1, 0.15) is 5.75 Å². The molecule has 1 aromatic rings. The normalized spacial score (nSPS) is 16.1. The van der Waals surface area contributed by atoms with Crippen molar-refractivity contribution in [3.05, 3.63) is 21.3 Å². The number of thiophene rings is 1. The van der Waals surface area contributed by atoms with Gasteiger partial charge >= 0.3 is 0 Å². The molecule has 1 aromatic heterocycles. The lowest BCUT2D eigenvalue weighted by atomic mass is 10.3. The quantitative estimate of drug-likeness (QED) is 0.855. The van der Waals surface area contributed by atoms with E-state index in [0.717, 1.165) is 0 Å². The lowest BCUT2D eigenvalue weighted by molar-refractivity contribution is -0.136. The number of carbonyl (C=O) groups is 2. The van der Waals surface area contributed by atoms with Crippen LogP contribution in [0.1, 0.15) is 4.88 Å². The molecule has 2 rings (SSSR count). The first kappa shape index (κ1) is 15.3. The second-order valence-corrected chi connectivity index (χ2v) is 8.27. The molecule has 110 valence electrons. The predicted octanol–water partition coefficient (Wildman–Crippen LogP) is 0.275. The number of amides is 2. The average Bonchev–Trinajstić information content (AvgIpc) is 2.73. The highest BCUT2D eigenvalue weighted by Crippen LogP contribution is 2.23. The van der Waals surface area contributed by atoms with Crippen LogP contribution < -0.4 is 5.32 Å². The van der Waals surface area contributed by atoms with Crippen molar-refractivity contribution in [3.8, 4) is 0 Å². The van der Waals surface area contributed by atoms with E-state index in [1.165, 1.54) is 16.2 Å². The molecule has 1 fully saturated rings. The molecule has 0 atom stereocenters. The summed E-state index contributed by atoms with van der Waals surface area (Å²) in [7, 11) is -3.56. The number of nitrogens with one attached hydrogen (secondary N) is 1. The molecular formula is C11H13ClN2O4S2. The standard InChI is InChI=1S/C11H13ClN2O4S2/c12-9-2-1-8(19-9)6-20(17,18)7-11(16)14-4-3-13-10(15)5-14/h1-2H,3-7H2,(H,13,15). The summed E-state index contributed by atoms with van der Waals surface area (Å²) in [6.07, 6.45) is 0. The molecule has 20 heavy (non-hydrogen) atoms. The van der Waals surface area contributed by atoms with E-state index in [2.05, 4.69) is 5.32 Å². The highest BCUT2D eigenvalue weighted by molar-refractivity contribution is 7.91. The molecule has 0 unspecified atom stereocenters. The smallest absolute Gasteiger partial charge is 0.239 e. The fraction of sp³-hybridized carbons (Fsp3) is 0.455. The summed E-state index contributed by atoms with van der Waals surface area (Å²) in [4.78, 5) is 24.9. The van der Waals surface area contributed by atoms with Crippen LogP contribution in [0.5, 0.6) is 0 Å². The van der Waals surface area contributed by atoms with Gasteiger partial charge in [-0.15, -0.1) is 11.3 Å². The van der Waals surface area contributed by atoms with Crippen molar-refractivity contribution in [1.29, 1.82) is 0 Å². The Bertz CT molecular complexity index is 626. The second-order valence-electron chi connectivity index (χ2n) is 4.40. The lowest BCUT2D eigenvalue weighted by Crippen LogP contribution is -2.51. The van der Waals surface area contributed by atoms with E-state index in [1.807, 2.05) is 0 Å². The third kappa shape index (κ3) is 4.19. The molecule has 0 bridgehead atoms. The largest absolute Gasteiger partial charge is 0.353 e. The molecule has 6 nitrogen and oxygen atoms in total. The molecule has 0 radical (unpaired) electrons. The maximum Gasteiger partial charge on any atom is 0.239 e. The first-order chi connectivity index (χ1) is 9.35. The van der Waals surface area contributed by atoms with Gasteiger partial charge < -0.3 is 10.2 Å². The maximum absolute atomic E-state index is 12.0. The van der Waals surface area contributed by atoms with Gasteiger partial charge in [-0.1, -0.05) is 11.6 Å². The zero-order valence-corrected chi connectivity index (χ0v) is 12.9. The first-order valence-electron chi connectivity index (χ1n) is 5.85. The Labute approximate surface area is 125 Å². The number of nitrogens with zero attached hydrogens (tertiary/aromatic N) is 1. The predicted molar refractivity (Wildman–Crippen MR) is 76.4 cm³/mol. The maximum atomic E-state index is 12.0. The van der Waals surface area contributed by atoms with Gasteiger partial charge in [-0.3, -0.25) is 9.59 Å². The highest BCUT2D eigenvalue weighted by atomic mass is 35.5. The van der Waals surface area contributed by atoms with Crippen LogP contribution in [0.4, 0.5) is 0 Å². The van der Waals surface area contributed by atoms with Crippen LogP contribution >= 0.6 is 22.9 Å². The van der Waals surface area contributed by atoms with Crippen LogP contribution in [0, 0.1) is 0 Å². The third-order valence-electron chi connectivity index (χ3n) is 2.73. The Hall–Kier alpha value is -1.12. The van der Waals surface area contributed by atoms with Crippen molar-refractivity contribution >= 4 is 44.6 Å². The zero-order valence-electron chi connectivity index (χ0n) is 10.5. The summed E-state index contributed by atoms with van der Waals surface area (Å²) >= 11 is 6.91. The number of piperazine rings is 1. The summed E-state index contributed by atoms with van der Waals surface area (Å²) in [5.74, 6) is -1.61. The van der Waals surface area contributed by atoms with E-state index in [0.29, 0.717) is 22.3 Å². The van der Waals surface area contributed by atoms with Gasteiger partial charge in [0.2, 0.25) is 11.8 Å². The van der Waals surface area contributed by atoms with E-state index in [-0.39, 0.29) is 18.2 Å². The Balaban J connectivity index is 1.97. The van der Waals surface area contributed by atoms with Crippen LogP contribution in [0.2, 0.25) is 4.34 Å². The van der Waals surface area contributed by atoms with E-state index in [1.54, 1.807) is 12.1 Å². The monoisotopic (exact) mass is 336 g/mol. The van der Waals surface area contributed by atoms with Crippen LogP contribution in [-0.4, -0.2) is 50.5 Å². The van der Waals surface area contributed by atoms with Gasteiger partial charge in [0, 0.05) is 18.0 Å². The molecule has 2 heterocycles. The number of hydrogen-bond acceptors (Lipinski definition) is 5. The lowest BCUT2D eigenvalue weighted by Gasteiger charge is -2.26. The molecule has 1 aliphatic rings. The van der Waals surface area contributed by atoms with Crippen LogP contribution in [0.3, 0.4) is 0 Å². The summed E-state index contributed by atoms with van der Waals surface area (Å²) in [6.45, 7) is 0.606. The summed E-state index contributed by atoms with van der Waals surface area (Å²) < 4.78 is 24.4. The molecular weight excluding hydrogens is 324 g/mol. The van der Waals surface area contributed by atoms with E-state index in [9.17, 15) is 18.0 Å². The van der Waals surface area contributed by atoms with Gasteiger partial charge in [0.25, 0.3) is 0 Å². The van der Waals surface area contributed by atoms with Gasteiger partial charge in [-0.25, -0.2) is 8.42 Å².